The Bertz CT molecular complexity index is 542. The van der Waals surface area contributed by atoms with Crippen molar-refractivity contribution in [2.24, 2.45) is 0 Å². The van der Waals surface area contributed by atoms with E-state index < -0.39 is 0 Å². The Balaban J connectivity index is 1.56. The molecule has 1 saturated heterocycles. The number of H-pyrrole nitrogens is 1. The lowest BCUT2D eigenvalue weighted by Gasteiger charge is -2.10. The first-order valence-corrected chi connectivity index (χ1v) is 6.42. The molecule has 1 aromatic carbocycles. The van der Waals surface area contributed by atoms with Crippen LogP contribution in [0.3, 0.4) is 0 Å². The summed E-state index contributed by atoms with van der Waals surface area (Å²) in [4.78, 5) is 19.0. The lowest BCUT2D eigenvalue weighted by molar-refractivity contribution is 0.112. The maximum Gasteiger partial charge on any atom is 0.321 e. The molecule has 0 radical (unpaired) electrons. The first kappa shape index (κ1) is 12.0. The summed E-state index contributed by atoms with van der Waals surface area (Å²) in [6, 6.07) is 7.36. The third kappa shape index (κ3) is 2.85. The number of ether oxygens (including phenoxy) is 1. The molecule has 2 heterocycles. The lowest BCUT2D eigenvalue weighted by Crippen LogP contribution is -2.35. The minimum absolute atomic E-state index is 0.140. The van der Waals surface area contributed by atoms with Crippen molar-refractivity contribution >= 4 is 23.0 Å². The quantitative estimate of drug-likeness (QED) is 0.788. The number of aromatic nitrogens is 2. The smallest absolute Gasteiger partial charge is 0.321 e. The number of fused-ring (bicyclic) bond motifs is 1. The van der Waals surface area contributed by atoms with Crippen LogP contribution in [-0.2, 0) is 4.74 Å². The number of imidazole rings is 1. The number of carbonyl (C=O) groups is 1. The molecule has 0 spiro atoms. The number of para-hydroxylation sites is 2. The van der Waals surface area contributed by atoms with Crippen molar-refractivity contribution in [3.05, 3.63) is 24.3 Å². The zero-order chi connectivity index (χ0) is 13.1. The van der Waals surface area contributed by atoms with Gasteiger partial charge in [-0.2, -0.15) is 0 Å². The standard InChI is InChI=1S/C13H16N4O2/c18-13(14-8-9-4-3-7-19-9)17-12-15-10-5-1-2-6-11(10)16-12/h1-2,5-6,9H,3-4,7-8H2,(H3,14,15,16,17,18). The van der Waals surface area contributed by atoms with Gasteiger partial charge in [-0.15, -0.1) is 0 Å². The van der Waals surface area contributed by atoms with Crippen LogP contribution in [0.15, 0.2) is 24.3 Å². The summed E-state index contributed by atoms with van der Waals surface area (Å²) in [5.41, 5.74) is 1.73. The predicted octanol–water partition coefficient (Wildman–Crippen LogP) is 1.86. The summed E-state index contributed by atoms with van der Waals surface area (Å²) in [6.45, 7) is 1.32. The van der Waals surface area contributed by atoms with E-state index >= 15 is 0 Å². The van der Waals surface area contributed by atoms with Crippen LogP contribution >= 0.6 is 0 Å². The summed E-state index contributed by atoms with van der Waals surface area (Å²) in [6.07, 6.45) is 2.21. The van der Waals surface area contributed by atoms with E-state index in [4.69, 9.17) is 4.74 Å². The van der Waals surface area contributed by atoms with E-state index in [1.807, 2.05) is 24.3 Å². The van der Waals surface area contributed by atoms with Gasteiger partial charge >= 0.3 is 6.03 Å². The summed E-state index contributed by atoms with van der Waals surface area (Å²) in [5, 5.41) is 5.47. The normalized spacial score (nSPS) is 18.6. The number of aromatic amines is 1. The summed E-state index contributed by atoms with van der Waals surface area (Å²) in [7, 11) is 0. The molecule has 1 aliphatic rings. The fourth-order valence-electron chi connectivity index (χ4n) is 2.18. The van der Waals surface area contributed by atoms with Crippen LogP contribution in [0.5, 0.6) is 0 Å². The molecule has 3 N–H and O–H groups in total. The Morgan fingerprint density at radius 1 is 1.47 bits per heavy atom. The fraction of sp³-hybridized carbons (Fsp3) is 0.385. The number of amides is 2. The van der Waals surface area contributed by atoms with Gasteiger partial charge in [-0.1, -0.05) is 12.1 Å². The highest BCUT2D eigenvalue weighted by molar-refractivity contribution is 5.89. The number of nitrogens with zero attached hydrogens (tertiary/aromatic N) is 1. The van der Waals surface area contributed by atoms with Crippen LogP contribution in [0, 0.1) is 0 Å². The SMILES string of the molecule is O=C(NCC1CCCO1)Nc1nc2ccccc2[nH]1. The number of carbonyl (C=O) groups excluding carboxylic acids is 1. The van der Waals surface area contributed by atoms with Crippen molar-refractivity contribution in [1.82, 2.24) is 15.3 Å². The van der Waals surface area contributed by atoms with E-state index in [1.54, 1.807) is 0 Å². The topological polar surface area (TPSA) is 79.0 Å². The highest BCUT2D eigenvalue weighted by atomic mass is 16.5. The van der Waals surface area contributed by atoms with Crippen molar-refractivity contribution in [3.8, 4) is 0 Å². The highest BCUT2D eigenvalue weighted by Crippen LogP contribution is 2.13. The predicted molar refractivity (Wildman–Crippen MR) is 72.1 cm³/mol. The Hall–Kier alpha value is -2.08. The summed E-state index contributed by atoms with van der Waals surface area (Å²) in [5.74, 6) is 0.450. The average Bonchev–Trinajstić information content (AvgIpc) is 3.04. The van der Waals surface area contributed by atoms with Gasteiger partial charge in [-0.25, -0.2) is 9.78 Å². The molecule has 1 fully saturated rings. The molecule has 6 nitrogen and oxygen atoms in total. The van der Waals surface area contributed by atoms with Crippen molar-refractivity contribution in [1.29, 1.82) is 0 Å². The summed E-state index contributed by atoms with van der Waals surface area (Å²) >= 11 is 0. The Labute approximate surface area is 110 Å². The Kier molecular flexibility index (Phi) is 3.33. The van der Waals surface area contributed by atoms with Crippen LogP contribution in [0.2, 0.25) is 0 Å². The molecule has 0 saturated carbocycles. The van der Waals surface area contributed by atoms with Crippen LogP contribution in [0.1, 0.15) is 12.8 Å². The molecule has 1 aliphatic heterocycles. The molecule has 2 amide bonds. The largest absolute Gasteiger partial charge is 0.376 e. The Morgan fingerprint density at radius 2 is 2.37 bits per heavy atom. The third-order valence-corrected chi connectivity index (χ3v) is 3.14. The highest BCUT2D eigenvalue weighted by Gasteiger charge is 2.16. The zero-order valence-corrected chi connectivity index (χ0v) is 10.5. The van der Waals surface area contributed by atoms with Gasteiger partial charge in [0.15, 0.2) is 0 Å². The first-order valence-electron chi connectivity index (χ1n) is 6.42. The second-order valence-electron chi connectivity index (χ2n) is 4.57. The third-order valence-electron chi connectivity index (χ3n) is 3.14. The number of benzene rings is 1. The minimum atomic E-state index is -0.269. The minimum Gasteiger partial charge on any atom is -0.376 e. The maximum atomic E-state index is 11.7. The van der Waals surface area contributed by atoms with Gasteiger partial charge in [0.25, 0.3) is 0 Å². The van der Waals surface area contributed by atoms with Gasteiger partial charge in [0.05, 0.1) is 17.1 Å². The van der Waals surface area contributed by atoms with E-state index in [0.29, 0.717) is 12.5 Å². The molecule has 0 bridgehead atoms. The molecule has 100 valence electrons. The molecule has 1 atom stereocenters. The second kappa shape index (κ2) is 5.27. The van der Waals surface area contributed by atoms with Gasteiger partial charge < -0.3 is 15.0 Å². The number of urea groups is 1. The summed E-state index contributed by atoms with van der Waals surface area (Å²) < 4.78 is 5.44. The number of anilines is 1. The van der Waals surface area contributed by atoms with Crippen LogP contribution in [0.4, 0.5) is 10.7 Å². The van der Waals surface area contributed by atoms with E-state index in [2.05, 4.69) is 20.6 Å². The number of nitrogens with one attached hydrogen (secondary N) is 3. The number of rotatable bonds is 3. The monoisotopic (exact) mass is 260 g/mol. The molecule has 1 aromatic heterocycles. The van der Waals surface area contributed by atoms with E-state index in [0.717, 1.165) is 30.5 Å². The van der Waals surface area contributed by atoms with E-state index in [1.165, 1.54) is 0 Å². The second-order valence-corrected chi connectivity index (χ2v) is 4.57. The van der Waals surface area contributed by atoms with E-state index in [9.17, 15) is 4.79 Å². The fourth-order valence-corrected chi connectivity index (χ4v) is 2.18. The van der Waals surface area contributed by atoms with E-state index in [-0.39, 0.29) is 12.1 Å². The van der Waals surface area contributed by atoms with Gasteiger partial charge in [0.1, 0.15) is 0 Å². The van der Waals surface area contributed by atoms with Crippen LogP contribution in [-0.4, -0.2) is 35.3 Å². The van der Waals surface area contributed by atoms with Crippen LogP contribution in [0.25, 0.3) is 11.0 Å². The van der Waals surface area contributed by atoms with Crippen molar-refractivity contribution in [2.45, 2.75) is 18.9 Å². The van der Waals surface area contributed by atoms with Gasteiger partial charge in [0, 0.05) is 13.2 Å². The molecule has 3 rings (SSSR count). The van der Waals surface area contributed by atoms with Crippen molar-refractivity contribution in [3.63, 3.8) is 0 Å². The number of hydrogen-bond acceptors (Lipinski definition) is 3. The molecule has 1 unspecified atom stereocenters. The lowest BCUT2D eigenvalue weighted by atomic mass is 10.2. The average molecular weight is 260 g/mol. The van der Waals surface area contributed by atoms with Crippen molar-refractivity contribution < 1.29 is 9.53 Å². The van der Waals surface area contributed by atoms with Crippen LogP contribution < -0.4 is 10.6 Å². The van der Waals surface area contributed by atoms with Gasteiger partial charge in [-0.3, -0.25) is 5.32 Å². The first-order chi connectivity index (χ1) is 9.31. The number of hydrogen-bond donors (Lipinski definition) is 3. The molecular formula is C13H16N4O2. The molecule has 2 aromatic rings. The van der Waals surface area contributed by atoms with Crippen molar-refractivity contribution in [2.75, 3.05) is 18.5 Å². The molecule has 0 aliphatic carbocycles. The van der Waals surface area contributed by atoms with Gasteiger partial charge in [-0.05, 0) is 25.0 Å². The Morgan fingerprint density at radius 3 is 3.16 bits per heavy atom. The zero-order valence-electron chi connectivity index (χ0n) is 10.5. The molecule has 6 heteroatoms. The van der Waals surface area contributed by atoms with Gasteiger partial charge in [0.2, 0.25) is 5.95 Å². The maximum absolute atomic E-state index is 11.7. The molecular weight excluding hydrogens is 244 g/mol. The molecule has 19 heavy (non-hydrogen) atoms.